The van der Waals surface area contributed by atoms with E-state index in [9.17, 15) is 9.59 Å². The first-order valence-corrected chi connectivity index (χ1v) is 7.79. The topological polar surface area (TPSA) is 34.1 Å². The molecule has 0 saturated carbocycles. The monoisotopic (exact) mass is 304 g/mol. The van der Waals surface area contributed by atoms with Crippen LogP contribution in [0.4, 0.5) is 0 Å². The number of carbonyl (C=O) groups is 2. The molecule has 0 radical (unpaired) electrons. The van der Waals surface area contributed by atoms with Gasteiger partial charge in [-0.2, -0.15) is 0 Å². The zero-order chi connectivity index (χ0) is 16.3. The summed E-state index contributed by atoms with van der Waals surface area (Å²) in [5.74, 6) is 0.0563. The van der Waals surface area contributed by atoms with Gasteiger partial charge in [0.1, 0.15) is 0 Å². The van der Waals surface area contributed by atoms with Crippen LogP contribution in [0.5, 0.6) is 0 Å². The van der Waals surface area contributed by atoms with Crippen molar-refractivity contribution in [2.24, 2.45) is 0 Å². The molecule has 0 unspecified atom stereocenters. The number of allylic oxidation sites excluding steroid dienone is 4. The Morgan fingerprint density at radius 3 is 1.43 bits per heavy atom. The van der Waals surface area contributed by atoms with Crippen molar-refractivity contribution in [3.63, 3.8) is 0 Å². The summed E-state index contributed by atoms with van der Waals surface area (Å²) in [4.78, 5) is 23.7. The average molecular weight is 304 g/mol. The van der Waals surface area contributed by atoms with Crippen LogP contribution in [0.15, 0.2) is 85.0 Å². The maximum atomic E-state index is 11.8. The van der Waals surface area contributed by atoms with E-state index in [4.69, 9.17) is 0 Å². The minimum atomic E-state index is 0.0281. The Labute approximate surface area is 137 Å². The summed E-state index contributed by atoms with van der Waals surface area (Å²) >= 11 is 0. The molecule has 0 fully saturated rings. The van der Waals surface area contributed by atoms with Crippen LogP contribution in [0.25, 0.3) is 0 Å². The third-order valence-corrected chi connectivity index (χ3v) is 3.40. The van der Waals surface area contributed by atoms with Crippen LogP contribution in [0.1, 0.15) is 40.0 Å². The standard InChI is InChI=1S/C21H20O2/c22-20(18-12-6-4-7-13-18)16-10-2-1-3-11-17-21(23)19-14-8-5-9-15-19/h4-17H,1-3H2/b16-10-,17-11+. The second-order valence-electron chi connectivity index (χ2n) is 5.20. The van der Waals surface area contributed by atoms with E-state index in [1.54, 1.807) is 12.2 Å². The molecule has 0 aliphatic rings. The lowest BCUT2D eigenvalue weighted by Gasteiger charge is -1.95. The zero-order valence-corrected chi connectivity index (χ0v) is 13.0. The molecule has 2 heteroatoms. The molecule has 23 heavy (non-hydrogen) atoms. The molecule has 2 nitrogen and oxygen atoms in total. The molecule has 0 aliphatic heterocycles. The van der Waals surface area contributed by atoms with Crippen molar-refractivity contribution in [2.75, 3.05) is 0 Å². The van der Waals surface area contributed by atoms with E-state index < -0.39 is 0 Å². The Hall–Kier alpha value is -2.74. The lowest BCUT2D eigenvalue weighted by Crippen LogP contribution is -1.93. The summed E-state index contributed by atoms with van der Waals surface area (Å²) < 4.78 is 0. The average Bonchev–Trinajstić information content (AvgIpc) is 2.62. The summed E-state index contributed by atoms with van der Waals surface area (Å²) in [6, 6.07) is 18.5. The Bertz CT molecular complexity index is 621. The van der Waals surface area contributed by atoms with E-state index in [0.29, 0.717) is 11.1 Å². The number of carbonyl (C=O) groups excluding carboxylic acids is 2. The third kappa shape index (κ3) is 5.87. The molecule has 0 aliphatic carbocycles. The van der Waals surface area contributed by atoms with Gasteiger partial charge < -0.3 is 0 Å². The molecule has 0 N–H and O–H groups in total. The number of hydrogen-bond donors (Lipinski definition) is 0. The largest absolute Gasteiger partial charge is 0.289 e. The number of ketones is 2. The van der Waals surface area contributed by atoms with E-state index >= 15 is 0 Å². The van der Waals surface area contributed by atoms with Gasteiger partial charge in [-0.3, -0.25) is 9.59 Å². The molecule has 0 atom stereocenters. The van der Waals surface area contributed by atoms with Gasteiger partial charge in [0.2, 0.25) is 0 Å². The second kappa shape index (κ2) is 9.31. The first-order chi connectivity index (χ1) is 11.3. The fourth-order valence-electron chi connectivity index (χ4n) is 2.13. The Morgan fingerprint density at radius 1 is 0.652 bits per heavy atom. The van der Waals surface area contributed by atoms with Crippen LogP contribution in [0.3, 0.4) is 0 Å². The van der Waals surface area contributed by atoms with Crippen LogP contribution in [0.2, 0.25) is 0 Å². The molecule has 2 aromatic carbocycles. The summed E-state index contributed by atoms with van der Waals surface area (Å²) in [5, 5.41) is 0. The molecular formula is C21H20O2. The van der Waals surface area contributed by atoms with Crippen LogP contribution >= 0.6 is 0 Å². The smallest absolute Gasteiger partial charge is 0.185 e. The Kier molecular flexibility index (Phi) is 6.73. The fraction of sp³-hybridized carbons (Fsp3) is 0.143. The summed E-state index contributed by atoms with van der Waals surface area (Å²) in [5.41, 5.74) is 1.41. The van der Waals surface area contributed by atoms with Crippen molar-refractivity contribution in [3.05, 3.63) is 96.1 Å². The maximum absolute atomic E-state index is 11.8. The van der Waals surface area contributed by atoms with Crippen molar-refractivity contribution in [1.82, 2.24) is 0 Å². The van der Waals surface area contributed by atoms with Gasteiger partial charge in [0.25, 0.3) is 0 Å². The highest BCUT2D eigenvalue weighted by Crippen LogP contribution is 2.05. The second-order valence-corrected chi connectivity index (χ2v) is 5.20. The first kappa shape index (κ1) is 16.6. The first-order valence-electron chi connectivity index (χ1n) is 7.79. The zero-order valence-electron chi connectivity index (χ0n) is 13.0. The molecule has 116 valence electrons. The molecule has 0 aromatic heterocycles. The number of rotatable bonds is 8. The van der Waals surface area contributed by atoms with Crippen LogP contribution in [-0.4, -0.2) is 11.6 Å². The van der Waals surface area contributed by atoms with Gasteiger partial charge in [0.15, 0.2) is 11.6 Å². The van der Waals surface area contributed by atoms with Gasteiger partial charge in [-0.05, 0) is 31.4 Å². The highest BCUT2D eigenvalue weighted by molar-refractivity contribution is 6.04. The van der Waals surface area contributed by atoms with Crippen molar-refractivity contribution >= 4 is 11.6 Å². The van der Waals surface area contributed by atoms with Gasteiger partial charge in [0.05, 0.1) is 0 Å². The highest BCUT2D eigenvalue weighted by Gasteiger charge is 1.99. The Morgan fingerprint density at radius 2 is 1.04 bits per heavy atom. The van der Waals surface area contributed by atoms with E-state index in [0.717, 1.165) is 19.3 Å². The van der Waals surface area contributed by atoms with Crippen molar-refractivity contribution in [2.45, 2.75) is 19.3 Å². The van der Waals surface area contributed by atoms with E-state index in [1.807, 2.05) is 72.8 Å². The van der Waals surface area contributed by atoms with E-state index in [1.165, 1.54) is 0 Å². The minimum absolute atomic E-state index is 0.0281. The molecule has 0 amide bonds. The van der Waals surface area contributed by atoms with E-state index in [-0.39, 0.29) is 11.6 Å². The van der Waals surface area contributed by atoms with Gasteiger partial charge in [-0.1, -0.05) is 72.8 Å². The normalized spacial score (nSPS) is 11.1. The molecular weight excluding hydrogens is 284 g/mol. The predicted octanol–water partition coefficient (Wildman–Crippen LogP) is 5.03. The van der Waals surface area contributed by atoms with Crippen LogP contribution in [0, 0.1) is 0 Å². The summed E-state index contributed by atoms with van der Waals surface area (Å²) in [7, 11) is 0. The van der Waals surface area contributed by atoms with Gasteiger partial charge in [0, 0.05) is 11.1 Å². The fourth-order valence-corrected chi connectivity index (χ4v) is 2.13. The van der Waals surface area contributed by atoms with Crippen molar-refractivity contribution in [3.8, 4) is 0 Å². The lowest BCUT2D eigenvalue weighted by molar-refractivity contribution is 0.103. The van der Waals surface area contributed by atoms with Crippen LogP contribution in [-0.2, 0) is 0 Å². The molecule has 0 bridgehead atoms. The number of hydrogen-bond acceptors (Lipinski definition) is 2. The SMILES string of the molecule is O=C(/C=C\CCC/C=C/C(=O)c1ccccc1)c1ccccc1. The lowest BCUT2D eigenvalue weighted by atomic mass is 10.1. The maximum Gasteiger partial charge on any atom is 0.185 e. The highest BCUT2D eigenvalue weighted by atomic mass is 16.1. The predicted molar refractivity (Wildman–Crippen MR) is 93.7 cm³/mol. The quantitative estimate of drug-likeness (QED) is 0.389. The molecule has 0 heterocycles. The summed E-state index contributed by atoms with van der Waals surface area (Å²) in [6.45, 7) is 0. The van der Waals surface area contributed by atoms with Gasteiger partial charge >= 0.3 is 0 Å². The minimum Gasteiger partial charge on any atom is -0.289 e. The Balaban J connectivity index is 1.68. The summed E-state index contributed by atoms with van der Waals surface area (Å²) in [6.07, 6.45) is 9.58. The van der Waals surface area contributed by atoms with Crippen molar-refractivity contribution in [1.29, 1.82) is 0 Å². The van der Waals surface area contributed by atoms with Gasteiger partial charge in [-0.15, -0.1) is 0 Å². The number of benzene rings is 2. The molecule has 2 rings (SSSR count). The van der Waals surface area contributed by atoms with Gasteiger partial charge in [-0.25, -0.2) is 0 Å². The molecule has 0 saturated heterocycles. The van der Waals surface area contributed by atoms with Crippen molar-refractivity contribution < 1.29 is 9.59 Å². The molecule has 0 spiro atoms. The van der Waals surface area contributed by atoms with E-state index in [2.05, 4.69) is 0 Å². The van der Waals surface area contributed by atoms with Crippen LogP contribution < -0.4 is 0 Å². The third-order valence-electron chi connectivity index (χ3n) is 3.40. The molecule has 2 aromatic rings. The number of unbranched alkanes of at least 4 members (excludes halogenated alkanes) is 2.